The van der Waals surface area contributed by atoms with Crippen molar-refractivity contribution < 1.29 is 10.2 Å². The van der Waals surface area contributed by atoms with Crippen LogP contribution in [0.3, 0.4) is 0 Å². The molecule has 0 atom stereocenters. The Hall–Kier alpha value is -1.96. The van der Waals surface area contributed by atoms with E-state index < -0.39 is 0 Å². The van der Waals surface area contributed by atoms with Crippen molar-refractivity contribution >= 4 is 16.5 Å². The zero-order valence-corrected chi connectivity index (χ0v) is 19.0. The average Bonchev–Trinajstić information content (AvgIpc) is 2.76. The first-order chi connectivity index (χ1) is 14.7. The average molecular weight is 411 g/mol. The summed E-state index contributed by atoms with van der Waals surface area (Å²) in [5.41, 5.74) is 0.527. The summed E-state index contributed by atoms with van der Waals surface area (Å²) in [6.45, 7) is 2.28. The van der Waals surface area contributed by atoms with Crippen molar-refractivity contribution in [1.29, 1.82) is 0 Å². The Labute approximate surface area is 184 Å². The molecule has 0 amide bonds. The molecule has 2 heteroatoms. The number of aliphatic hydroxyl groups excluding tert-OH is 1. The van der Waals surface area contributed by atoms with Crippen LogP contribution in [0.5, 0.6) is 5.75 Å². The van der Waals surface area contributed by atoms with Crippen LogP contribution in [0.1, 0.15) is 109 Å². The fraction of sp³-hybridized carbons (Fsp3) is 0.571. The molecular weight excluding hydrogens is 368 g/mol. The monoisotopic (exact) mass is 410 g/mol. The van der Waals surface area contributed by atoms with E-state index in [4.69, 9.17) is 0 Å². The first kappa shape index (κ1) is 24.3. The summed E-state index contributed by atoms with van der Waals surface area (Å²) in [5, 5.41) is 22.6. The summed E-state index contributed by atoms with van der Waals surface area (Å²) in [4.78, 5) is 0. The van der Waals surface area contributed by atoms with Crippen molar-refractivity contribution in [3.8, 4) is 5.75 Å². The van der Waals surface area contributed by atoms with Crippen LogP contribution in [0.25, 0.3) is 16.5 Å². The molecule has 2 nitrogen and oxygen atoms in total. The molecule has 30 heavy (non-hydrogen) atoms. The van der Waals surface area contributed by atoms with E-state index >= 15 is 0 Å². The van der Waals surface area contributed by atoms with E-state index in [1.807, 2.05) is 36.4 Å². The molecular formula is C28H42O2. The summed E-state index contributed by atoms with van der Waals surface area (Å²) in [5.74, 6) is 0.357. The highest BCUT2D eigenvalue weighted by atomic mass is 16.3. The molecule has 0 bridgehead atoms. The molecule has 2 N–H and O–H groups in total. The summed E-state index contributed by atoms with van der Waals surface area (Å²) >= 11 is 0. The zero-order valence-electron chi connectivity index (χ0n) is 19.0. The quantitative estimate of drug-likeness (QED) is 0.214. The Morgan fingerprint density at radius 3 is 1.83 bits per heavy atom. The van der Waals surface area contributed by atoms with Gasteiger partial charge in [0.05, 0.1) is 5.56 Å². The van der Waals surface area contributed by atoms with E-state index in [0.717, 1.165) is 23.6 Å². The van der Waals surface area contributed by atoms with Gasteiger partial charge in [-0.05, 0) is 30.4 Å². The molecule has 0 aromatic heterocycles. The maximum absolute atomic E-state index is 10.4. The SMILES string of the molecule is CCCCCCCCCCCCCCCCC=C(O)c1ccc2ccccc2c1O. The highest BCUT2D eigenvalue weighted by molar-refractivity contribution is 5.92. The number of allylic oxidation sites excluding steroid dienone is 1. The van der Waals surface area contributed by atoms with Crippen LogP contribution in [0.15, 0.2) is 42.5 Å². The largest absolute Gasteiger partial charge is 0.508 e. The molecule has 2 aromatic rings. The van der Waals surface area contributed by atoms with Crippen LogP contribution in [-0.4, -0.2) is 10.2 Å². The van der Waals surface area contributed by atoms with Gasteiger partial charge in [0.2, 0.25) is 0 Å². The van der Waals surface area contributed by atoms with Crippen molar-refractivity contribution in [2.45, 2.75) is 103 Å². The highest BCUT2D eigenvalue weighted by Crippen LogP contribution is 2.32. The van der Waals surface area contributed by atoms with E-state index in [2.05, 4.69) is 6.92 Å². The summed E-state index contributed by atoms with van der Waals surface area (Å²) in [6.07, 6.45) is 21.6. The highest BCUT2D eigenvalue weighted by Gasteiger charge is 2.09. The van der Waals surface area contributed by atoms with E-state index in [9.17, 15) is 10.2 Å². The van der Waals surface area contributed by atoms with E-state index in [1.165, 1.54) is 83.5 Å². The van der Waals surface area contributed by atoms with Crippen LogP contribution in [-0.2, 0) is 0 Å². The molecule has 0 saturated carbocycles. The fourth-order valence-corrected chi connectivity index (χ4v) is 4.15. The number of hydrogen-bond acceptors (Lipinski definition) is 2. The lowest BCUT2D eigenvalue weighted by Gasteiger charge is -2.07. The summed E-state index contributed by atoms with van der Waals surface area (Å²) < 4.78 is 0. The number of aliphatic hydroxyl groups is 1. The van der Waals surface area contributed by atoms with Crippen LogP contribution >= 0.6 is 0 Å². The number of hydrogen-bond donors (Lipinski definition) is 2. The number of phenolic OH excluding ortho intramolecular Hbond substituents is 1. The third-order valence-corrected chi connectivity index (χ3v) is 6.07. The summed E-state index contributed by atoms with van der Waals surface area (Å²) in [7, 11) is 0. The van der Waals surface area contributed by atoms with Crippen LogP contribution < -0.4 is 0 Å². The maximum atomic E-state index is 10.4. The van der Waals surface area contributed by atoms with Gasteiger partial charge in [-0.25, -0.2) is 0 Å². The first-order valence-electron chi connectivity index (χ1n) is 12.3. The molecule has 2 rings (SSSR count). The fourth-order valence-electron chi connectivity index (χ4n) is 4.15. The van der Waals surface area contributed by atoms with Crippen molar-refractivity contribution in [2.75, 3.05) is 0 Å². The number of phenols is 1. The van der Waals surface area contributed by atoms with Gasteiger partial charge in [-0.3, -0.25) is 0 Å². The van der Waals surface area contributed by atoms with E-state index in [1.54, 1.807) is 6.07 Å². The number of unbranched alkanes of at least 4 members (excludes halogenated alkanes) is 14. The molecule has 0 aliphatic heterocycles. The zero-order chi connectivity index (χ0) is 21.4. The standard InChI is InChI=1S/C28H42O2/c1-2-3-4-5-6-7-8-9-10-11-12-13-14-15-16-21-27(29)26-23-22-24-19-17-18-20-25(24)28(26)30/h17-23,29-30H,2-16H2,1H3. The van der Waals surface area contributed by atoms with Gasteiger partial charge in [0.1, 0.15) is 11.5 Å². The second-order valence-corrected chi connectivity index (χ2v) is 8.66. The van der Waals surface area contributed by atoms with Gasteiger partial charge < -0.3 is 10.2 Å². The number of rotatable bonds is 16. The van der Waals surface area contributed by atoms with Gasteiger partial charge in [-0.2, -0.15) is 0 Å². The maximum Gasteiger partial charge on any atom is 0.134 e. The molecule has 0 saturated heterocycles. The predicted octanol–water partition coefficient (Wildman–Crippen LogP) is 9.32. The lowest BCUT2D eigenvalue weighted by atomic mass is 10.0. The Bertz CT molecular complexity index is 747. The third-order valence-electron chi connectivity index (χ3n) is 6.07. The van der Waals surface area contributed by atoms with Gasteiger partial charge in [-0.1, -0.05) is 121 Å². The minimum atomic E-state index is 0.169. The predicted molar refractivity (Wildman–Crippen MR) is 131 cm³/mol. The number of benzene rings is 2. The number of aromatic hydroxyl groups is 1. The topological polar surface area (TPSA) is 40.5 Å². The molecule has 0 spiro atoms. The molecule has 2 aromatic carbocycles. The van der Waals surface area contributed by atoms with Crippen molar-refractivity contribution in [1.82, 2.24) is 0 Å². The Kier molecular flexibility index (Phi) is 12.1. The van der Waals surface area contributed by atoms with Crippen LogP contribution in [0, 0.1) is 0 Å². The molecule has 0 radical (unpaired) electrons. The molecule has 166 valence electrons. The van der Waals surface area contributed by atoms with Gasteiger partial charge >= 0.3 is 0 Å². The van der Waals surface area contributed by atoms with E-state index in [0.29, 0.717) is 5.56 Å². The lowest BCUT2D eigenvalue weighted by Crippen LogP contribution is -1.87. The van der Waals surface area contributed by atoms with Crippen molar-refractivity contribution in [2.24, 2.45) is 0 Å². The van der Waals surface area contributed by atoms with Crippen LogP contribution in [0.2, 0.25) is 0 Å². The summed E-state index contributed by atoms with van der Waals surface area (Å²) in [6, 6.07) is 11.5. The first-order valence-corrected chi connectivity index (χ1v) is 12.3. The van der Waals surface area contributed by atoms with Gasteiger partial charge in [0.15, 0.2) is 0 Å². The molecule has 0 fully saturated rings. The lowest BCUT2D eigenvalue weighted by molar-refractivity contribution is 0.464. The third kappa shape index (κ3) is 8.81. The second kappa shape index (κ2) is 14.9. The Morgan fingerprint density at radius 1 is 0.700 bits per heavy atom. The van der Waals surface area contributed by atoms with Gasteiger partial charge in [-0.15, -0.1) is 0 Å². The molecule has 0 heterocycles. The Morgan fingerprint density at radius 2 is 1.23 bits per heavy atom. The van der Waals surface area contributed by atoms with Gasteiger partial charge in [0, 0.05) is 5.39 Å². The second-order valence-electron chi connectivity index (χ2n) is 8.66. The number of fused-ring (bicyclic) bond motifs is 1. The van der Waals surface area contributed by atoms with Crippen LogP contribution in [0.4, 0.5) is 0 Å². The Balaban J connectivity index is 1.51. The van der Waals surface area contributed by atoms with Crippen molar-refractivity contribution in [3.63, 3.8) is 0 Å². The minimum absolute atomic E-state index is 0.169. The normalized spacial score (nSPS) is 12.0. The van der Waals surface area contributed by atoms with Gasteiger partial charge in [0.25, 0.3) is 0 Å². The smallest absolute Gasteiger partial charge is 0.134 e. The molecule has 0 unspecified atom stereocenters. The molecule has 0 aliphatic carbocycles. The minimum Gasteiger partial charge on any atom is -0.508 e. The van der Waals surface area contributed by atoms with E-state index in [-0.39, 0.29) is 11.5 Å². The molecule has 0 aliphatic rings. The van der Waals surface area contributed by atoms with Crippen molar-refractivity contribution in [3.05, 3.63) is 48.0 Å².